The highest BCUT2D eigenvalue weighted by molar-refractivity contribution is 6.30. The Morgan fingerprint density at radius 1 is 1.09 bits per heavy atom. The molecule has 1 saturated heterocycles. The fraction of sp³-hybridized carbons (Fsp3) is 0.483. The fourth-order valence-electron chi connectivity index (χ4n) is 4.76. The molecule has 5 nitrogen and oxygen atoms in total. The van der Waals surface area contributed by atoms with Gasteiger partial charge in [0.2, 0.25) is 0 Å². The molecular formula is C29H40ClN3O2. The first-order valence-corrected chi connectivity index (χ1v) is 13.4. The molecule has 2 unspecified atom stereocenters. The fourth-order valence-corrected chi connectivity index (χ4v) is 4.89. The van der Waals surface area contributed by atoms with Gasteiger partial charge in [-0.3, -0.25) is 9.80 Å². The molecule has 1 fully saturated rings. The van der Waals surface area contributed by atoms with Crippen molar-refractivity contribution in [3.8, 4) is 5.75 Å². The van der Waals surface area contributed by atoms with Gasteiger partial charge in [-0.2, -0.15) is 0 Å². The molecule has 2 aliphatic heterocycles. The van der Waals surface area contributed by atoms with Crippen LogP contribution >= 0.6 is 11.6 Å². The van der Waals surface area contributed by atoms with Crippen LogP contribution in [0.2, 0.25) is 5.02 Å². The van der Waals surface area contributed by atoms with Crippen LogP contribution in [0.1, 0.15) is 76.1 Å². The van der Waals surface area contributed by atoms with Gasteiger partial charge in [0.15, 0.2) is 0 Å². The molecule has 2 aliphatic rings. The molecule has 1 amide bonds. The lowest BCUT2D eigenvalue weighted by atomic mass is 10.0. The van der Waals surface area contributed by atoms with Crippen LogP contribution in [0.5, 0.6) is 5.75 Å². The summed E-state index contributed by atoms with van der Waals surface area (Å²) in [5.41, 5.74) is 7.75. The Labute approximate surface area is 216 Å². The zero-order valence-electron chi connectivity index (χ0n) is 21.8. The number of halogens is 1. The highest BCUT2D eigenvalue weighted by Gasteiger charge is 2.40. The quantitative estimate of drug-likeness (QED) is 0.393. The Morgan fingerprint density at radius 3 is 2.49 bits per heavy atom. The van der Waals surface area contributed by atoms with Gasteiger partial charge in [-0.25, -0.2) is 5.43 Å². The molecule has 0 aliphatic carbocycles. The SMILES string of the molecule is CC.CCCCCC1CN(Cc2cc(CC)ccc2OC)C(=O)C2=CC(c3ccc(Cl)cc3)NN21. The average molecular weight is 498 g/mol. The number of unbranched alkanes of at least 4 members (excludes halogenated alkanes) is 2. The zero-order valence-corrected chi connectivity index (χ0v) is 22.6. The summed E-state index contributed by atoms with van der Waals surface area (Å²) in [5.74, 6) is 0.900. The first-order valence-electron chi connectivity index (χ1n) is 13.0. The summed E-state index contributed by atoms with van der Waals surface area (Å²) in [7, 11) is 1.69. The van der Waals surface area contributed by atoms with E-state index in [4.69, 9.17) is 16.3 Å². The highest BCUT2D eigenvalue weighted by atomic mass is 35.5. The third-order valence-corrected chi connectivity index (χ3v) is 6.90. The smallest absolute Gasteiger partial charge is 0.271 e. The van der Waals surface area contributed by atoms with E-state index >= 15 is 0 Å². The van der Waals surface area contributed by atoms with Crippen molar-refractivity contribution in [2.45, 2.75) is 78.4 Å². The van der Waals surface area contributed by atoms with E-state index in [1.165, 1.54) is 18.4 Å². The molecule has 0 radical (unpaired) electrons. The van der Waals surface area contributed by atoms with E-state index in [2.05, 4.69) is 42.5 Å². The maximum Gasteiger partial charge on any atom is 0.271 e. The minimum atomic E-state index is -0.0344. The van der Waals surface area contributed by atoms with Crippen LogP contribution in [0.3, 0.4) is 0 Å². The van der Waals surface area contributed by atoms with Gasteiger partial charge in [-0.05, 0) is 48.2 Å². The number of aryl methyl sites for hydroxylation is 1. The van der Waals surface area contributed by atoms with Crippen molar-refractivity contribution in [2.24, 2.45) is 0 Å². The monoisotopic (exact) mass is 497 g/mol. The summed E-state index contributed by atoms with van der Waals surface area (Å²) in [5, 5.41) is 2.83. The number of rotatable bonds is 9. The number of nitrogens with zero attached hydrogens (tertiary/aromatic N) is 2. The second-order valence-corrected chi connectivity index (χ2v) is 9.35. The van der Waals surface area contributed by atoms with E-state index in [1.807, 2.05) is 49.1 Å². The molecule has 4 rings (SSSR count). The van der Waals surface area contributed by atoms with Gasteiger partial charge in [-0.15, -0.1) is 0 Å². The Bertz CT molecular complexity index is 1010. The largest absolute Gasteiger partial charge is 0.496 e. The first kappa shape index (κ1) is 27.1. The number of hydrazine groups is 1. The number of methoxy groups -OCH3 is 1. The van der Waals surface area contributed by atoms with E-state index in [1.54, 1.807) is 7.11 Å². The molecule has 1 N–H and O–H groups in total. The van der Waals surface area contributed by atoms with Crippen LogP contribution in [0.25, 0.3) is 0 Å². The molecule has 6 heteroatoms. The number of carbonyl (C=O) groups excluding carboxylic acids is 1. The number of piperazine rings is 1. The maximum absolute atomic E-state index is 13.6. The van der Waals surface area contributed by atoms with Crippen LogP contribution in [-0.4, -0.2) is 35.5 Å². The van der Waals surface area contributed by atoms with Crippen molar-refractivity contribution in [2.75, 3.05) is 13.7 Å². The molecule has 0 saturated carbocycles. The van der Waals surface area contributed by atoms with Crippen molar-refractivity contribution in [3.05, 3.63) is 76.0 Å². The van der Waals surface area contributed by atoms with Crippen molar-refractivity contribution in [3.63, 3.8) is 0 Å². The van der Waals surface area contributed by atoms with Crippen molar-refractivity contribution >= 4 is 17.5 Å². The van der Waals surface area contributed by atoms with Crippen molar-refractivity contribution < 1.29 is 9.53 Å². The number of fused-ring (bicyclic) bond motifs is 1. The maximum atomic E-state index is 13.6. The van der Waals surface area contributed by atoms with E-state index in [-0.39, 0.29) is 18.0 Å². The molecule has 0 bridgehead atoms. The molecule has 35 heavy (non-hydrogen) atoms. The minimum absolute atomic E-state index is 0.0344. The molecule has 190 valence electrons. The Morgan fingerprint density at radius 2 is 1.83 bits per heavy atom. The Hall–Kier alpha value is -2.50. The van der Waals surface area contributed by atoms with Crippen molar-refractivity contribution in [1.29, 1.82) is 0 Å². The summed E-state index contributed by atoms with van der Waals surface area (Å²) in [6.45, 7) is 9.61. The predicted molar refractivity (Wildman–Crippen MR) is 144 cm³/mol. The van der Waals surface area contributed by atoms with Gasteiger partial charge in [0.1, 0.15) is 11.4 Å². The molecular weight excluding hydrogens is 458 g/mol. The highest BCUT2D eigenvalue weighted by Crippen LogP contribution is 2.34. The zero-order chi connectivity index (χ0) is 25.4. The van der Waals surface area contributed by atoms with Gasteiger partial charge in [0, 0.05) is 23.7 Å². The number of hydrogen-bond donors (Lipinski definition) is 1. The molecule has 2 aromatic rings. The number of nitrogens with one attached hydrogen (secondary N) is 1. The number of carbonyl (C=O) groups is 1. The van der Waals surface area contributed by atoms with Crippen molar-refractivity contribution in [1.82, 2.24) is 15.3 Å². The number of amides is 1. The van der Waals surface area contributed by atoms with Gasteiger partial charge < -0.3 is 9.64 Å². The summed E-state index contributed by atoms with van der Waals surface area (Å²) >= 11 is 6.08. The average Bonchev–Trinajstić information content (AvgIpc) is 3.34. The van der Waals surface area contributed by atoms with Gasteiger partial charge in [0.05, 0.1) is 19.2 Å². The van der Waals surface area contributed by atoms with Gasteiger partial charge in [-0.1, -0.05) is 82.8 Å². The predicted octanol–water partition coefficient (Wildman–Crippen LogP) is 6.67. The summed E-state index contributed by atoms with van der Waals surface area (Å²) in [4.78, 5) is 15.6. The molecule has 0 aromatic heterocycles. The van der Waals surface area contributed by atoms with Crippen LogP contribution in [0.15, 0.2) is 54.2 Å². The van der Waals surface area contributed by atoms with Gasteiger partial charge in [0.25, 0.3) is 5.91 Å². The van der Waals surface area contributed by atoms with Gasteiger partial charge >= 0.3 is 0 Å². The van der Waals surface area contributed by atoms with Crippen LogP contribution in [0, 0.1) is 0 Å². The van der Waals surface area contributed by atoms with Crippen LogP contribution in [0.4, 0.5) is 0 Å². The lowest BCUT2D eigenvalue weighted by Gasteiger charge is -2.42. The molecule has 2 heterocycles. The minimum Gasteiger partial charge on any atom is -0.496 e. The van der Waals surface area contributed by atoms with Crippen LogP contribution < -0.4 is 10.2 Å². The normalized spacial score (nSPS) is 19.1. The summed E-state index contributed by atoms with van der Waals surface area (Å²) < 4.78 is 5.61. The topological polar surface area (TPSA) is 44.8 Å². The summed E-state index contributed by atoms with van der Waals surface area (Å²) in [6.07, 6.45) is 7.58. The van der Waals surface area contributed by atoms with E-state index in [9.17, 15) is 4.79 Å². The molecule has 2 aromatic carbocycles. The number of benzene rings is 2. The number of hydrogen-bond acceptors (Lipinski definition) is 4. The second-order valence-electron chi connectivity index (χ2n) is 8.92. The van der Waals surface area contributed by atoms with Crippen LogP contribution in [-0.2, 0) is 17.8 Å². The lowest BCUT2D eigenvalue weighted by Crippen LogP contribution is -2.56. The first-order chi connectivity index (χ1) is 17.0. The molecule has 0 spiro atoms. The second kappa shape index (κ2) is 13.0. The standard InChI is InChI=1S/C27H34ClN3O2.C2H6/c1-4-6-7-8-23-18-30(17-21-15-19(5-2)9-14-26(21)33-3)27(32)25-16-24(29-31(23)25)20-10-12-22(28)13-11-20;1-2/h9-16,23-24,29H,4-8,17-18H2,1-3H3;1-2H3. The van der Waals surface area contributed by atoms with E-state index < -0.39 is 0 Å². The Balaban J connectivity index is 0.00000167. The Kier molecular flexibility index (Phi) is 10.1. The third kappa shape index (κ3) is 6.39. The molecule has 2 atom stereocenters. The lowest BCUT2D eigenvalue weighted by molar-refractivity contribution is -0.135. The van der Waals surface area contributed by atoms with E-state index in [0.29, 0.717) is 18.1 Å². The van der Waals surface area contributed by atoms with E-state index in [0.717, 1.165) is 41.8 Å². The number of ether oxygens (including phenoxy) is 1. The third-order valence-electron chi connectivity index (χ3n) is 6.65. The summed E-state index contributed by atoms with van der Waals surface area (Å²) in [6, 6.07) is 14.3.